The van der Waals surface area contributed by atoms with Gasteiger partial charge in [0, 0.05) is 25.3 Å². The van der Waals surface area contributed by atoms with Gasteiger partial charge in [-0.2, -0.15) is 23.5 Å². The van der Waals surface area contributed by atoms with Gasteiger partial charge in [-0.1, -0.05) is 0 Å². The Morgan fingerprint density at radius 2 is 1.90 bits per heavy atom. The second-order valence-electron chi connectivity index (χ2n) is 10.2. The summed E-state index contributed by atoms with van der Waals surface area (Å²) in [7, 11) is 0. The minimum atomic E-state index is -4.50. The van der Waals surface area contributed by atoms with Gasteiger partial charge in [0.25, 0.3) is 5.91 Å². The molecule has 4 heterocycles. The molecule has 12 heteroatoms. The summed E-state index contributed by atoms with van der Waals surface area (Å²) in [6.45, 7) is 3.20. The molecule has 3 aromatic rings. The van der Waals surface area contributed by atoms with Crippen molar-refractivity contribution in [2.75, 3.05) is 18.4 Å². The van der Waals surface area contributed by atoms with Gasteiger partial charge < -0.3 is 10.4 Å². The van der Waals surface area contributed by atoms with Crippen molar-refractivity contribution in [3.05, 3.63) is 65.4 Å². The van der Waals surface area contributed by atoms with E-state index in [1.54, 1.807) is 19.1 Å². The fourth-order valence-corrected chi connectivity index (χ4v) is 5.48. The van der Waals surface area contributed by atoms with Crippen molar-refractivity contribution in [2.24, 2.45) is 0 Å². The van der Waals surface area contributed by atoms with Crippen LogP contribution in [0.4, 0.5) is 18.9 Å². The fraction of sp³-hybridized carbons (Fsp3) is 0.444. The second-order valence-corrected chi connectivity index (χ2v) is 10.2. The van der Waals surface area contributed by atoms with Gasteiger partial charge in [0.15, 0.2) is 5.82 Å². The van der Waals surface area contributed by atoms with Gasteiger partial charge in [0.2, 0.25) is 0 Å². The number of aliphatic hydroxyl groups is 1. The van der Waals surface area contributed by atoms with Crippen LogP contribution in [-0.4, -0.2) is 60.9 Å². The van der Waals surface area contributed by atoms with Gasteiger partial charge in [-0.25, -0.2) is 9.67 Å². The molecule has 1 aliphatic heterocycles. The molecule has 1 unspecified atom stereocenters. The first-order chi connectivity index (χ1) is 18.6. The number of pyridine rings is 2. The van der Waals surface area contributed by atoms with E-state index in [9.17, 15) is 28.3 Å². The Morgan fingerprint density at radius 3 is 2.46 bits per heavy atom. The lowest BCUT2D eigenvalue weighted by Gasteiger charge is -2.38. The van der Waals surface area contributed by atoms with Crippen LogP contribution in [0, 0.1) is 18.3 Å². The number of aliphatic hydroxyl groups excluding tert-OH is 1. The topological polar surface area (TPSA) is 120 Å². The quantitative estimate of drug-likeness (QED) is 0.503. The van der Waals surface area contributed by atoms with Crippen molar-refractivity contribution in [1.29, 1.82) is 5.26 Å². The van der Waals surface area contributed by atoms with Crippen LogP contribution in [-0.2, 0) is 11.6 Å². The van der Waals surface area contributed by atoms with E-state index < -0.39 is 23.1 Å². The molecule has 39 heavy (non-hydrogen) atoms. The Kier molecular flexibility index (Phi) is 7.13. The van der Waals surface area contributed by atoms with Crippen molar-refractivity contribution >= 4 is 11.6 Å². The lowest BCUT2D eigenvalue weighted by molar-refractivity contribution is -0.137. The average molecular weight is 540 g/mol. The Labute approximate surface area is 223 Å². The number of carbonyl (C=O) groups excluding carboxylic acids is 1. The number of rotatable bonds is 5. The van der Waals surface area contributed by atoms with Crippen molar-refractivity contribution < 1.29 is 23.1 Å². The standard InChI is InChI=1S/C27H28F3N7O2/c1-17-22(14-34-37(17)24-5-2-18(12-33-24)27(28,29)30)25(39)35-19-3-4-23(32-13-19)26(16-31)9-6-20(7-10-26)36-11-8-21(38)15-36/h2-5,12-14,20-21,38H,6-11,15H2,1H3,(H,35,39)/t20-,21?,26-. The molecule has 0 spiro atoms. The van der Waals surface area contributed by atoms with E-state index in [-0.39, 0.29) is 17.5 Å². The van der Waals surface area contributed by atoms with E-state index >= 15 is 0 Å². The van der Waals surface area contributed by atoms with Gasteiger partial charge >= 0.3 is 6.18 Å². The summed E-state index contributed by atoms with van der Waals surface area (Å²) in [6, 6.07) is 8.42. The molecule has 0 radical (unpaired) electrons. The molecule has 1 saturated carbocycles. The number of alkyl halides is 3. The number of carbonyl (C=O) groups is 1. The van der Waals surface area contributed by atoms with E-state index in [1.807, 2.05) is 0 Å². The lowest BCUT2D eigenvalue weighted by Crippen LogP contribution is -2.41. The Morgan fingerprint density at radius 1 is 1.13 bits per heavy atom. The Balaban J connectivity index is 1.24. The maximum absolute atomic E-state index is 12.9. The molecular weight excluding hydrogens is 511 g/mol. The number of hydrogen-bond donors (Lipinski definition) is 2. The lowest BCUT2D eigenvalue weighted by atomic mass is 9.71. The van der Waals surface area contributed by atoms with Crippen LogP contribution in [0.1, 0.15) is 59.4 Å². The van der Waals surface area contributed by atoms with Crippen LogP contribution < -0.4 is 5.32 Å². The van der Waals surface area contributed by atoms with E-state index in [2.05, 4.69) is 31.4 Å². The van der Waals surface area contributed by atoms with Crippen LogP contribution in [0.25, 0.3) is 5.82 Å². The van der Waals surface area contributed by atoms with Crippen molar-refractivity contribution in [3.8, 4) is 11.9 Å². The minimum Gasteiger partial charge on any atom is -0.392 e. The molecule has 0 aromatic carbocycles. The predicted octanol–water partition coefficient (Wildman–Crippen LogP) is 4.01. The maximum Gasteiger partial charge on any atom is 0.417 e. The molecule has 204 valence electrons. The van der Waals surface area contributed by atoms with Crippen LogP contribution in [0.15, 0.2) is 42.9 Å². The molecule has 5 rings (SSSR count). The first-order valence-electron chi connectivity index (χ1n) is 12.8. The molecule has 2 aliphatic rings. The molecule has 0 bridgehead atoms. The molecule has 1 amide bonds. The van der Waals surface area contributed by atoms with Crippen molar-refractivity contribution in [1.82, 2.24) is 24.6 Å². The first-order valence-corrected chi connectivity index (χ1v) is 12.8. The normalized spacial score (nSPS) is 23.9. The highest BCUT2D eigenvalue weighted by atomic mass is 19.4. The molecule has 1 saturated heterocycles. The monoisotopic (exact) mass is 539 g/mol. The molecule has 1 atom stereocenters. The highest BCUT2D eigenvalue weighted by Gasteiger charge is 2.41. The van der Waals surface area contributed by atoms with Gasteiger partial charge in [-0.05, 0) is 63.3 Å². The zero-order valence-electron chi connectivity index (χ0n) is 21.3. The van der Waals surface area contributed by atoms with Gasteiger partial charge in [-0.15, -0.1) is 0 Å². The summed E-state index contributed by atoms with van der Waals surface area (Å²) in [4.78, 5) is 23.6. The van der Waals surface area contributed by atoms with E-state index in [4.69, 9.17) is 0 Å². The summed E-state index contributed by atoms with van der Waals surface area (Å²) in [5, 5.41) is 26.8. The number of amides is 1. The number of halogens is 3. The van der Waals surface area contributed by atoms with Crippen molar-refractivity contribution in [3.63, 3.8) is 0 Å². The van der Waals surface area contributed by atoms with E-state index in [0.717, 1.165) is 38.1 Å². The third-order valence-corrected chi connectivity index (χ3v) is 7.79. The minimum absolute atomic E-state index is 0.156. The average Bonchev–Trinajstić information content (AvgIpc) is 3.54. The third kappa shape index (κ3) is 5.37. The Hall–Kier alpha value is -3.82. The SMILES string of the molecule is Cc1c(C(=O)Nc2ccc([C@]3(C#N)CC[C@@H](N4CCC(O)C4)CC3)nc2)cnn1-c1ccc(C(F)(F)F)cn1. The van der Waals surface area contributed by atoms with Crippen molar-refractivity contribution in [2.45, 2.75) is 62.8 Å². The van der Waals surface area contributed by atoms with Gasteiger partial charge in [0.05, 0.1) is 58.2 Å². The second kappa shape index (κ2) is 10.4. The first kappa shape index (κ1) is 26.8. The highest BCUT2D eigenvalue weighted by molar-refractivity contribution is 6.04. The molecule has 9 nitrogen and oxygen atoms in total. The Bertz CT molecular complexity index is 1370. The molecule has 2 fully saturated rings. The largest absolute Gasteiger partial charge is 0.417 e. The maximum atomic E-state index is 12.9. The number of aromatic nitrogens is 4. The van der Waals surface area contributed by atoms with Crippen LogP contribution >= 0.6 is 0 Å². The summed E-state index contributed by atoms with van der Waals surface area (Å²) in [5.74, 6) is -0.300. The highest BCUT2D eigenvalue weighted by Crippen LogP contribution is 2.40. The number of nitriles is 1. The summed E-state index contributed by atoms with van der Waals surface area (Å²) in [5.41, 5.74) is 0.193. The number of likely N-dealkylation sites (tertiary alicyclic amines) is 1. The molecule has 1 aliphatic carbocycles. The number of β-amino-alcohol motifs (C(OH)–C–C–N with tert-alkyl or cyclic N) is 1. The van der Waals surface area contributed by atoms with Crippen LogP contribution in [0.2, 0.25) is 0 Å². The zero-order valence-corrected chi connectivity index (χ0v) is 21.3. The van der Waals surface area contributed by atoms with Gasteiger partial charge in [0.1, 0.15) is 0 Å². The molecular formula is C27H28F3N7O2. The molecule has 3 aromatic heterocycles. The smallest absolute Gasteiger partial charge is 0.392 e. The zero-order chi connectivity index (χ0) is 27.8. The van der Waals surface area contributed by atoms with E-state index in [0.29, 0.717) is 42.5 Å². The summed E-state index contributed by atoms with van der Waals surface area (Å²) in [6.07, 6.45) is 2.67. The number of anilines is 1. The predicted molar refractivity (Wildman–Crippen MR) is 135 cm³/mol. The summed E-state index contributed by atoms with van der Waals surface area (Å²) >= 11 is 0. The number of nitrogens with zero attached hydrogens (tertiary/aromatic N) is 6. The molecule has 2 N–H and O–H groups in total. The number of nitrogens with one attached hydrogen (secondary N) is 1. The summed E-state index contributed by atoms with van der Waals surface area (Å²) < 4.78 is 39.8. The van der Waals surface area contributed by atoms with Gasteiger partial charge in [-0.3, -0.25) is 14.7 Å². The number of hydrogen-bond acceptors (Lipinski definition) is 7. The third-order valence-electron chi connectivity index (χ3n) is 7.79. The van der Waals surface area contributed by atoms with E-state index in [1.165, 1.54) is 23.1 Å². The fourth-order valence-electron chi connectivity index (χ4n) is 5.48. The van der Waals surface area contributed by atoms with Crippen LogP contribution in [0.3, 0.4) is 0 Å². The van der Waals surface area contributed by atoms with Crippen LogP contribution in [0.5, 0.6) is 0 Å².